The molecule has 0 unspecified atom stereocenters. The van der Waals surface area contributed by atoms with Gasteiger partial charge in [0.2, 0.25) is 0 Å². The van der Waals surface area contributed by atoms with Gasteiger partial charge in [0.15, 0.2) is 0 Å². The van der Waals surface area contributed by atoms with Gasteiger partial charge in [-0.05, 0) is 25.5 Å². The van der Waals surface area contributed by atoms with Gasteiger partial charge >= 0.3 is 30.0 Å². The molecular formula is C15H15BrOZn. The molecule has 2 aromatic carbocycles. The average molecular weight is 357 g/mol. The summed E-state index contributed by atoms with van der Waals surface area (Å²) in [6, 6.07) is 17.2. The summed E-state index contributed by atoms with van der Waals surface area (Å²) in [7, 11) is 0. The zero-order valence-electron chi connectivity index (χ0n) is 10.7. The summed E-state index contributed by atoms with van der Waals surface area (Å²) < 4.78 is 5.75. The van der Waals surface area contributed by atoms with Crippen molar-refractivity contribution in [2.75, 3.05) is 0 Å². The molecule has 0 spiro atoms. The van der Waals surface area contributed by atoms with Crippen LogP contribution in [0.15, 0.2) is 42.5 Å². The minimum atomic E-state index is 0.574. The Balaban J connectivity index is 0.000000771. The topological polar surface area (TPSA) is 9.23 Å². The molecule has 0 atom stereocenters. The Bertz CT molecular complexity index is 471. The third kappa shape index (κ3) is 4.91. The normalized spacial score (nSPS) is 9.39. The van der Waals surface area contributed by atoms with E-state index in [0.717, 1.165) is 11.3 Å². The standard InChI is InChI=1S/C15H15O.BrH.Zn/c1-12-8-9-15(13(2)10-12)16-11-14-6-4-3-5-7-14;;/h3-6,8-10H,11H2,1-2H3;1H;/q-1;;+2/p-1. The van der Waals surface area contributed by atoms with Gasteiger partial charge in [-0.15, -0.1) is 5.56 Å². The molecule has 0 bridgehead atoms. The van der Waals surface area contributed by atoms with Gasteiger partial charge in [0, 0.05) is 0 Å². The minimum absolute atomic E-state index is 0.574. The summed E-state index contributed by atoms with van der Waals surface area (Å²) in [6.45, 7) is 4.73. The third-order valence-corrected chi connectivity index (χ3v) is 2.49. The van der Waals surface area contributed by atoms with Crippen molar-refractivity contribution in [3.8, 4) is 5.75 Å². The first-order valence-electron chi connectivity index (χ1n) is 5.68. The number of aryl methyl sites for hydroxylation is 2. The molecule has 0 saturated heterocycles. The van der Waals surface area contributed by atoms with Gasteiger partial charge in [0.25, 0.3) is 0 Å². The molecule has 90 valence electrons. The second-order valence-electron chi connectivity index (χ2n) is 3.95. The monoisotopic (exact) mass is 354 g/mol. The van der Waals surface area contributed by atoms with Crippen LogP contribution in [0, 0.1) is 19.9 Å². The van der Waals surface area contributed by atoms with E-state index in [1.165, 1.54) is 27.5 Å². The van der Waals surface area contributed by atoms with E-state index >= 15 is 0 Å². The van der Waals surface area contributed by atoms with Crippen molar-refractivity contribution in [2.24, 2.45) is 0 Å². The van der Waals surface area contributed by atoms with E-state index < -0.39 is 0 Å². The van der Waals surface area contributed by atoms with Gasteiger partial charge in [0.1, 0.15) is 5.75 Å². The predicted molar refractivity (Wildman–Crippen MR) is 74.5 cm³/mol. The molecule has 0 aliphatic rings. The van der Waals surface area contributed by atoms with Crippen LogP contribution in [0.2, 0.25) is 0 Å². The number of hydrogen-bond acceptors (Lipinski definition) is 1. The quantitative estimate of drug-likeness (QED) is 0.580. The van der Waals surface area contributed by atoms with Crippen molar-refractivity contribution in [1.29, 1.82) is 0 Å². The van der Waals surface area contributed by atoms with E-state index in [0.29, 0.717) is 6.61 Å². The van der Waals surface area contributed by atoms with Crippen LogP contribution in [-0.2, 0) is 22.9 Å². The summed E-state index contributed by atoms with van der Waals surface area (Å²) in [5.41, 5.74) is 3.51. The fraction of sp³-hybridized carbons (Fsp3) is 0.200. The number of benzene rings is 2. The number of halogens is 1. The molecule has 2 rings (SSSR count). The molecule has 0 aliphatic heterocycles. The van der Waals surface area contributed by atoms with Crippen molar-refractivity contribution < 1.29 is 21.1 Å². The van der Waals surface area contributed by atoms with Crippen molar-refractivity contribution in [3.63, 3.8) is 0 Å². The molecule has 18 heavy (non-hydrogen) atoms. The van der Waals surface area contributed by atoms with E-state index in [1.807, 2.05) is 30.3 Å². The number of hydrogen-bond donors (Lipinski definition) is 0. The first-order chi connectivity index (χ1) is 8.75. The summed E-state index contributed by atoms with van der Waals surface area (Å²) >= 11 is 4.25. The van der Waals surface area contributed by atoms with Gasteiger partial charge in [-0.3, -0.25) is 0 Å². The fourth-order valence-electron chi connectivity index (χ4n) is 1.64. The Kier molecular flexibility index (Phi) is 7.23. The Labute approximate surface area is 126 Å². The summed E-state index contributed by atoms with van der Waals surface area (Å²) in [5.74, 6) is 0.947. The van der Waals surface area contributed by atoms with E-state index in [9.17, 15) is 0 Å². The molecule has 0 aliphatic carbocycles. The van der Waals surface area contributed by atoms with Crippen LogP contribution in [0.4, 0.5) is 0 Å². The molecule has 0 N–H and O–H groups in total. The Morgan fingerprint density at radius 3 is 2.56 bits per heavy atom. The number of ether oxygens (including phenoxy) is 1. The Morgan fingerprint density at radius 1 is 1.17 bits per heavy atom. The molecular weight excluding hydrogens is 341 g/mol. The Hall–Kier alpha value is -0.657. The summed E-state index contributed by atoms with van der Waals surface area (Å²) in [4.78, 5) is 0. The van der Waals surface area contributed by atoms with Crippen molar-refractivity contribution >= 4 is 13.6 Å². The van der Waals surface area contributed by atoms with Gasteiger partial charge < -0.3 is 4.74 Å². The fourth-order valence-corrected chi connectivity index (χ4v) is 1.64. The average Bonchev–Trinajstić information content (AvgIpc) is 2.41. The van der Waals surface area contributed by atoms with Crippen LogP contribution in [0.25, 0.3) is 0 Å². The van der Waals surface area contributed by atoms with Gasteiger partial charge in [-0.25, -0.2) is 0 Å². The summed E-state index contributed by atoms with van der Waals surface area (Å²) in [6.07, 6.45) is 0. The van der Waals surface area contributed by atoms with Crippen LogP contribution in [-0.4, -0.2) is 0 Å². The van der Waals surface area contributed by atoms with E-state index in [2.05, 4.69) is 45.7 Å². The maximum atomic E-state index is 5.75. The molecule has 0 saturated carbocycles. The summed E-state index contributed by atoms with van der Waals surface area (Å²) in [5, 5.41) is 0. The SMILES string of the molecule is Cc1ccc(OCc2[c-]cccc2)c(C)c1.[Zn+][Br]. The van der Waals surface area contributed by atoms with Crippen molar-refractivity contribution in [3.05, 3.63) is 65.2 Å². The molecule has 0 heterocycles. The van der Waals surface area contributed by atoms with Crippen LogP contribution in [0.3, 0.4) is 0 Å². The van der Waals surface area contributed by atoms with Gasteiger partial charge in [-0.2, -0.15) is 30.3 Å². The second kappa shape index (κ2) is 8.45. The first-order valence-corrected chi connectivity index (χ1v) is 12.6. The predicted octanol–water partition coefficient (Wildman–Crippen LogP) is 4.53. The molecule has 0 radical (unpaired) electrons. The third-order valence-electron chi connectivity index (χ3n) is 2.49. The van der Waals surface area contributed by atoms with Crippen LogP contribution in [0.1, 0.15) is 16.7 Å². The van der Waals surface area contributed by atoms with Crippen molar-refractivity contribution in [1.82, 2.24) is 0 Å². The zero-order chi connectivity index (χ0) is 13.4. The molecule has 3 heteroatoms. The molecule has 0 aromatic heterocycles. The van der Waals surface area contributed by atoms with E-state index in [-0.39, 0.29) is 0 Å². The van der Waals surface area contributed by atoms with Gasteiger partial charge in [0.05, 0.1) is 6.61 Å². The molecule has 1 nitrogen and oxygen atoms in total. The molecule has 0 amide bonds. The van der Waals surface area contributed by atoms with E-state index in [4.69, 9.17) is 4.74 Å². The number of rotatable bonds is 3. The second-order valence-corrected chi connectivity index (χ2v) is 3.95. The van der Waals surface area contributed by atoms with Crippen molar-refractivity contribution in [2.45, 2.75) is 20.5 Å². The molecule has 2 aromatic rings. The van der Waals surface area contributed by atoms with E-state index in [1.54, 1.807) is 0 Å². The van der Waals surface area contributed by atoms with Crippen LogP contribution in [0.5, 0.6) is 5.75 Å². The first kappa shape index (κ1) is 15.4. The maximum absolute atomic E-state index is 5.75. The Morgan fingerprint density at radius 2 is 1.94 bits per heavy atom. The zero-order valence-corrected chi connectivity index (χ0v) is 15.3. The van der Waals surface area contributed by atoms with Crippen LogP contribution >= 0.6 is 13.6 Å². The van der Waals surface area contributed by atoms with Crippen LogP contribution < -0.4 is 4.74 Å². The van der Waals surface area contributed by atoms with Gasteiger partial charge in [-0.1, -0.05) is 17.7 Å². The molecule has 0 fully saturated rings.